The molecule has 17 heavy (non-hydrogen) atoms. The second kappa shape index (κ2) is 4.75. The number of amides is 1. The number of nitrogens with two attached hydrogens (primary N) is 1. The second-order valence-electron chi connectivity index (χ2n) is 4.69. The zero-order valence-electron chi connectivity index (χ0n) is 9.72. The minimum atomic E-state index is -0.0719. The van der Waals surface area contributed by atoms with Crippen molar-refractivity contribution in [1.29, 1.82) is 0 Å². The monoisotopic (exact) mass is 238 g/mol. The number of nitrogens with zero attached hydrogens (tertiary/aromatic N) is 2. The van der Waals surface area contributed by atoms with Crippen LogP contribution in [0.5, 0.6) is 0 Å². The quantitative estimate of drug-likeness (QED) is 0.636. The summed E-state index contributed by atoms with van der Waals surface area (Å²) in [5.74, 6) is 0.342. The van der Waals surface area contributed by atoms with Crippen molar-refractivity contribution in [3.63, 3.8) is 0 Å². The molecular formula is C11H18N4O2. The number of hydrogen-bond donors (Lipinski definition) is 3. The molecule has 0 aromatic carbocycles. The zero-order chi connectivity index (χ0) is 12.3. The first-order valence-corrected chi connectivity index (χ1v) is 5.80. The van der Waals surface area contributed by atoms with E-state index in [2.05, 4.69) is 10.4 Å². The van der Waals surface area contributed by atoms with E-state index < -0.39 is 0 Å². The first-order valence-electron chi connectivity index (χ1n) is 5.80. The van der Waals surface area contributed by atoms with Crippen molar-refractivity contribution in [2.24, 2.45) is 5.41 Å². The van der Waals surface area contributed by atoms with Gasteiger partial charge in [0.15, 0.2) is 0 Å². The second-order valence-corrected chi connectivity index (χ2v) is 4.69. The first kappa shape index (κ1) is 11.9. The van der Waals surface area contributed by atoms with Crippen LogP contribution < -0.4 is 11.1 Å². The number of carbonyl (C=O) groups excluding carboxylic acids is 1. The van der Waals surface area contributed by atoms with Crippen LogP contribution >= 0.6 is 0 Å². The van der Waals surface area contributed by atoms with E-state index in [1.54, 1.807) is 12.3 Å². The molecule has 4 N–H and O–H groups in total. The van der Waals surface area contributed by atoms with Gasteiger partial charge in [0.05, 0.1) is 0 Å². The molecule has 6 heteroatoms. The average Bonchev–Trinajstić information content (AvgIpc) is 2.94. The number of anilines is 1. The molecular weight excluding hydrogens is 220 g/mol. The number of carbonyl (C=O) groups is 1. The Morgan fingerprint density at radius 1 is 1.65 bits per heavy atom. The third-order valence-corrected chi connectivity index (χ3v) is 3.23. The van der Waals surface area contributed by atoms with Gasteiger partial charge in [-0.05, 0) is 30.7 Å². The maximum absolute atomic E-state index is 11.6. The van der Waals surface area contributed by atoms with Gasteiger partial charge in [0.2, 0.25) is 5.91 Å². The molecule has 1 amide bonds. The lowest BCUT2D eigenvalue weighted by atomic mass is 10.0. The van der Waals surface area contributed by atoms with Crippen LogP contribution in [0.1, 0.15) is 19.3 Å². The van der Waals surface area contributed by atoms with E-state index >= 15 is 0 Å². The Labute approximate surface area is 99.8 Å². The number of hydrogen-bond acceptors (Lipinski definition) is 4. The van der Waals surface area contributed by atoms with Crippen molar-refractivity contribution >= 4 is 11.7 Å². The predicted octanol–water partition coefficient (Wildman–Crippen LogP) is -0.256. The highest BCUT2D eigenvalue weighted by Crippen LogP contribution is 2.47. The molecule has 1 saturated carbocycles. The Kier molecular flexibility index (Phi) is 3.33. The van der Waals surface area contributed by atoms with Crippen LogP contribution in [0.25, 0.3) is 0 Å². The van der Waals surface area contributed by atoms with E-state index in [4.69, 9.17) is 10.8 Å². The fraction of sp³-hybridized carbons (Fsp3) is 0.636. The molecule has 1 heterocycles. The predicted molar refractivity (Wildman–Crippen MR) is 63.0 cm³/mol. The smallest absolute Gasteiger partial charge is 0.241 e. The summed E-state index contributed by atoms with van der Waals surface area (Å²) in [7, 11) is 0. The minimum absolute atomic E-state index is 0.0719. The van der Waals surface area contributed by atoms with E-state index in [-0.39, 0.29) is 24.5 Å². The standard InChI is InChI=1S/C11H18N4O2/c12-9-1-5-15(14-9)7-10(17)13-8-11(2-3-11)4-6-16/h1,5,16H,2-4,6-8H2,(H2,12,14)(H,13,17). The minimum Gasteiger partial charge on any atom is -0.396 e. The fourth-order valence-corrected chi connectivity index (χ4v) is 1.88. The lowest BCUT2D eigenvalue weighted by Crippen LogP contribution is -2.33. The van der Waals surface area contributed by atoms with E-state index in [1.807, 2.05) is 0 Å². The summed E-state index contributed by atoms with van der Waals surface area (Å²) in [6.45, 7) is 1.01. The molecule has 0 radical (unpaired) electrons. The van der Waals surface area contributed by atoms with Gasteiger partial charge in [-0.2, -0.15) is 5.10 Å². The van der Waals surface area contributed by atoms with Crippen molar-refractivity contribution in [2.75, 3.05) is 18.9 Å². The molecule has 0 aliphatic heterocycles. The average molecular weight is 238 g/mol. The zero-order valence-corrected chi connectivity index (χ0v) is 9.72. The summed E-state index contributed by atoms with van der Waals surface area (Å²) in [5.41, 5.74) is 5.60. The normalized spacial score (nSPS) is 16.8. The van der Waals surface area contributed by atoms with Gasteiger partial charge in [-0.25, -0.2) is 0 Å². The first-order chi connectivity index (χ1) is 8.13. The summed E-state index contributed by atoms with van der Waals surface area (Å²) in [4.78, 5) is 11.6. The molecule has 1 aromatic heterocycles. The van der Waals surface area contributed by atoms with Crippen molar-refractivity contribution in [2.45, 2.75) is 25.8 Å². The highest BCUT2D eigenvalue weighted by atomic mass is 16.3. The number of aliphatic hydroxyl groups is 1. The molecule has 6 nitrogen and oxygen atoms in total. The van der Waals surface area contributed by atoms with E-state index in [0.29, 0.717) is 12.4 Å². The Morgan fingerprint density at radius 2 is 2.41 bits per heavy atom. The van der Waals surface area contributed by atoms with Gasteiger partial charge in [-0.15, -0.1) is 0 Å². The summed E-state index contributed by atoms with van der Waals surface area (Å²) in [6, 6.07) is 1.65. The molecule has 1 aromatic rings. The van der Waals surface area contributed by atoms with Gasteiger partial charge in [0.25, 0.3) is 0 Å². The Balaban J connectivity index is 1.74. The van der Waals surface area contributed by atoms with Crippen molar-refractivity contribution in [1.82, 2.24) is 15.1 Å². The van der Waals surface area contributed by atoms with E-state index in [1.165, 1.54) is 4.68 Å². The Morgan fingerprint density at radius 3 is 2.94 bits per heavy atom. The van der Waals surface area contributed by atoms with Crippen LogP contribution in [-0.2, 0) is 11.3 Å². The van der Waals surface area contributed by atoms with Crippen molar-refractivity contribution in [3.8, 4) is 0 Å². The van der Waals surface area contributed by atoms with Gasteiger partial charge in [-0.1, -0.05) is 0 Å². The lowest BCUT2D eigenvalue weighted by molar-refractivity contribution is -0.122. The molecule has 94 valence electrons. The van der Waals surface area contributed by atoms with Gasteiger partial charge in [0.1, 0.15) is 12.4 Å². The third kappa shape index (κ3) is 3.20. The van der Waals surface area contributed by atoms with Crippen molar-refractivity contribution in [3.05, 3.63) is 12.3 Å². The summed E-state index contributed by atoms with van der Waals surface area (Å²) in [6.07, 6.45) is 4.61. The maximum atomic E-state index is 11.6. The van der Waals surface area contributed by atoms with E-state index in [0.717, 1.165) is 19.3 Å². The van der Waals surface area contributed by atoms with Crippen LogP contribution in [0.2, 0.25) is 0 Å². The molecule has 0 saturated heterocycles. The van der Waals surface area contributed by atoms with Gasteiger partial charge < -0.3 is 16.2 Å². The molecule has 1 fully saturated rings. The summed E-state index contributed by atoms with van der Waals surface area (Å²) >= 11 is 0. The maximum Gasteiger partial charge on any atom is 0.241 e. The molecule has 2 rings (SSSR count). The molecule has 0 spiro atoms. The number of nitrogen functional groups attached to an aromatic ring is 1. The highest BCUT2D eigenvalue weighted by molar-refractivity contribution is 5.75. The summed E-state index contributed by atoms with van der Waals surface area (Å²) < 4.78 is 1.51. The highest BCUT2D eigenvalue weighted by Gasteiger charge is 2.41. The Bertz CT molecular complexity index is 398. The largest absolute Gasteiger partial charge is 0.396 e. The number of aliphatic hydroxyl groups excluding tert-OH is 1. The third-order valence-electron chi connectivity index (χ3n) is 3.23. The number of rotatable bonds is 6. The molecule has 0 bridgehead atoms. The summed E-state index contributed by atoms with van der Waals surface area (Å²) in [5, 5.41) is 15.7. The number of aromatic nitrogens is 2. The lowest BCUT2D eigenvalue weighted by Gasteiger charge is -2.14. The number of nitrogens with one attached hydrogen (secondary N) is 1. The van der Waals surface area contributed by atoms with Crippen molar-refractivity contribution < 1.29 is 9.90 Å². The molecule has 0 atom stereocenters. The Hall–Kier alpha value is -1.56. The molecule has 1 aliphatic rings. The topological polar surface area (TPSA) is 93.2 Å². The molecule has 1 aliphatic carbocycles. The van der Waals surface area contributed by atoms with Crippen LogP contribution in [0, 0.1) is 5.41 Å². The van der Waals surface area contributed by atoms with Crippen LogP contribution in [0.3, 0.4) is 0 Å². The van der Waals surface area contributed by atoms with Crippen LogP contribution in [0.4, 0.5) is 5.82 Å². The molecule has 0 unspecified atom stereocenters. The van der Waals surface area contributed by atoms with Gasteiger partial charge in [-0.3, -0.25) is 9.48 Å². The van der Waals surface area contributed by atoms with E-state index in [9.17, 15) is 4.79 Å². The van der Waals surface area contributed by atoms with Gasteiger partial charge >= 0.3 is 0 Å². The fourth-order valence-electron chi connectivity index (χ4n) is 1.88. The van der Waals surface area contributed by atoms with Gasteiger partial charge in [0, 0.05) is 19.3 Å². The SMILES string of the molecule is Nc1ccn(CC(=O)NCC2(CCO)CC2)n1. The van der Waals surface area contributed by atoms with Crippen LogP contribution in [0.15, 0.2) is 12.3 Å². The van der Waals surface area contributed by atoms with Crippen LogP contribution in [-0.4, -0.2) is 33.9 Å².